The maximum atomic E-state index is 11.5. The van der Waals surface area contributed by atoms with Crippen LogP contribution in [-0.2, 0) is 22.4 Å². The molecule has 0 atom stereocenters. The maximum Gasteiger partial charge on any atom is 0.307 e. The van der Waals surface area contributed by atoms with Gasteiger partial charge in [-0.3, -0.25) is 9.59 Å². The number of aliphatic carboxylic acids is 1. The molecule has 0 amide bonds. The van der Waals surface area contributed by atoms with Crippen molar-refractivity contribution in [1.29, 1.82) is 0 Å². The molecule has 1 aromatic rings. The lowest BCUT2D eigenvalue weighted by Crippen LogP contribution is -2.10. The predicted molar refractivity (Wildman–Crippen MR) is 80.7 cm³/mol. The molecule has 3 N–H and O–H groups in total. The molecular weight excluding hydrogens is 254 g/mol. The summed E-state index contributed by atoms with van der Waals surface area (Å²) >= 11 is 0. The fourth-order valence-electron chi connectivity index (χ4n) is 1.35. The minimum Gasteiger partial charge on any atom is -0.481 e. The van der Waals surface area contributed by atoms with E-state index < -0.39 is 5.97 Å². The van der Waals surface area contributed by atoms with E-state index in [9.17, 15) is 9.59 Å². The predicted octanol–water partition coefficient (Wildman–Crippen LogP) is 2.44. The number of hydrogen-bond acceptors (Lipinski definition) is 3. The van der Waals surface area contributed by atoms with Gasteiger partial charge in [0, 0.05) is 12.3 Å². The van der Waals surface area contributed by atoms with Gasteiger partial charge in [0.2, 0.25) is 0 Å². The molecule has 0 fully saturated rings. The van der Waals surface area contributed by atoms with E-state index in [2.05, 4.69) is 6.92 Å². The summed E-state index contributed by atoms with van der Waals surface area (Å²) in [4.78, 5) is 21.9. The van der Waals surface area contributed by atoms with Gasteiger partial charge in [0.05, 0.1) is 6.42 Å². The Balaban J connectivity index is 0.000000796. The lowest BCUT2D eigenvalue weighted by Gasteiger charge is -2.04. The second-order valence-electron chi connectivity index (χ2n) is 4.97. The van der Waals surface area contributed by atoms with Gasteiger partial charge < -0.3 is 10.8 Å². The average molecular weight is 279 g/mol. The number of carboxylic acids is 1. The van der Waals surface area contributed by atoms with E-state index in [0.717, 1.165) is 24.1 Å². The minimum absolute atomic E-state index is 0.0262. The molecule has 0 radical (unpaired) electrons. The van der Waals surface area contributed by atoms with Crippen molar-refractivity contribution < 1.29 is 14.7 Å². The molecule has 1 aromatic carbocycles. The summed E-state index contributed by atoms with van der Waals surface area (Å²) in [6.45, 7) is 6.63. The van der Waals surface area contributed by atoms with Crippen LogP contribution in [0.4, 0.5) is 0 Å². The summed E-state index contributed by atoms with van der Waals surface area (Å²) in [7, 11) is 0. The average Bonchev–Trinajstić information content (AvgIpc) is 2.40. The van der Waals surface area contributed by atoms with Crippen molar-refractivity contribution >= 4 is 11.8 Å². The molecule has 0 bridgehead atoms. The summed E-state index contributed by atoms with van der Waals surface area (Å²) in [5, 5.41) is 8.60. The molecule has 0 unspecified atom stereocenters. The Kier molecular flexibility index (Phi) is 9.30. The second-order valence-corrected chi connectivity index (χ2v) is 4.97. The zero-order valence-electron chi connectivity index (χ0n) is 12.6. The van der Waals surface area contributed by atoms with E-state index in [4.69, 9.17) is 10.8 Å². The first-order valence-electron chi connectivity index (χ1n) is 6.93. The lowest BCUT2D eigenvalue weighted by molar-refractivity contribution is -0.136. The summed E-state index contributed by atoms with van der Waals surface area (Å²) in [5.41, 5.74) is 6.72. The molecule has 1 rings (SSSR count). The number of carboxylic acid groups (broad SMARTS) is 1. The molecule has 112 valence electrons. The van der Waals surface area contributed by atoms with E-state index in [0.29, 0.717) is 6.42 Å². The van der Waals surface area contributed by atoms with Crippen molar-refractivity contribution in [3.05, 3.63) is 35.4 Å². The van der Waals surface area contributed by atoms with E-state index in [1.807, 2.05) is 26.0 Å². The van der Waals surface area contributed by atoms with E-state index in [-0.39, 0.29) is 18.1 Å². The van der Waals surface area contributed by atoms with Crippen molar-refractivity contribution in [1.82, 2.24) is 0 Å². The SMILES string of the molecule is CC(C)C(=O)Cc1ccc(CC(=O)O)cc1.CCCN. The third-order valence-electron chi connectivity index (χ3n) is 2.69. The van der Waals surface area contributed by atoms with Gasteiger partial charge in [-0.05, 0) is 24.1 Å². The fourth-order valence-corrected chi connectivity index (χ4v) is 1.35. The molecule has 0 aromatic heterocycles. The fraction of sp³-hybridized carbons (Fsp3) is 0.500. The number of nitrogens with two attached hydrogens (primary N) is 1. The number of carbonyl (C=O) groups is 2. The lowest BCUT2D eigenvalue weighted by atomic mass is 10.00. The molecule has 20 heavy (non-hydrogen) atoms. The second kappa shape index (κ2) is 10.1. The van der Waals surface area contributed by atoms with E-state index >= 15 is 0 Å². The van der Waals surface area contributed by atoms with Crippen molar-refractivity contribution in [3.63, 3.8) is 0 Å². The maximum absolute atomic E-state index is 11.5. The topological polar surface area (TPSA) is 80.4 Å². The first-order chi connectivity index (χ1) is 9.40. The van der Waals surface area contributed by atoms with E-state index in [1.165, 1.54) is 0 Å². The number of carbonyl (C=O) groups excluding carboxylic acids is 1. The van der Waals surface area contributed by atoms with Crippen LogP contribution in [0.1, 0.15) is 38.3 Å². The Morgan fingerprint density at radius 1 is 1.10 bits per heavy atom. The van der Waals surface area contributed by atoms with Crippen LogP contribution in [0, 0.1) is 5.92 Å². The van der Waals surface area contributed by atoms with Gasteiger partial charge in [-0.15, -0.1) is 0 Å². The number of hydrogen-bond donors (Lipinski definition) is 2. The Hall–Kier alpha value is -1.68. The molecule has 0 spiro atoms. The third-order valence-corrected chi connectivity index (χ3v) is 2.69. The van der Waals surface area contributed by atoms with E-state index in [1.54, 1.807) is 12.1 Å². The number of ketones is 1. The van der Waals surface area contributed by atoms with Gasteiger partial charge in [-0.1, -0.05) is 45.0 Å². The van der Waals surface area contributed by atoms with Gasteiger partial charge in [0.15, 0.2) is 0 Å². The molecule has 0 aliphatic heterocycles. The molecule has 0 aliphatic rings. The highest BCUT2D eigenvalue weighted by molar-refractivity contribution is 5.82. The third kappa shape index (κ3) is 8.43. The van der Waals surface area contributed by atoms with Gasteiger partial charge >= 0.3 is 5.97 Å². The van der Waals surface area contributed by atoms with Crippen LogP contribution in [0.2, 0.25) is 0 Å². The van der Waals surface area contributed by atoms with Crippen molar-refractivity contribution in [2.24, 2.45) is 11.7 Å². The molecule has 4 nitrogen and oxygen atoms in total. The molecule has 0 saturated heterocycles. The van der Waals surface area contributed by atoms with Gasteiger partial charge in [-0.25, -0.2) is 0 Å². The Morgan fingerprint density at radius 3 is 1.80 bits per heavy atom. The summed E-state index contributed by atoms with van der Waals surface area (Å²) < 4.78 is 0. The quantitative estimate of drug-likeness (QED) is 0.838. The normalized spacial score (nSPS) is 9.85. The Bertz CT molecular complexity index is 408. The number of Topliss-reactive ketones (excluding diaryl/α,β-unsaturated/α-hetero) is 1. The van der Waals surface area contributed by atoms with Gasteiger partial charge in [-0.2, -0.15) is 0 Å². The highest BCUT2D eigenvalue weighted by Crippen LogP contribution is 2.08. The van der Waals surface area contributed by atoms with Crippen LogP contribution in [0.3, 0.4) is 0 Å². The van der Waals surface area contributed by atoms with Crippen molar-refractivity contribution in [3.8, 4) is 0 Å². The standard InChI is InChI=1S/C13H16O3.C3H9N/c1-9(2)12(14)7-10-3-5-11(6-4-10)8-13(15)16;1-2-3-4/h3-6,9H,7-8H2,1-2H3,(H,15,16);2-4H2,1H3. The summed E-state index contributed by atoms with van der Waals surface area (Å²) in [5.74, 6) is -0.601. The first-order valence-corrected chi connectivity index (χ1v) is 6.93. The molecule has 0 saturated carbocycles. The van der Waals surface area contributed by atoms with Crippen LogP contribution in [0.5, 0.6) is 0 Å². The van der Waals surface area contributed by atoms with Crippen LogP contribution in [0.15, 0.2) is 24.3 Å². The monoisotopic (exact) mass is 279 g/mol. The van der Waals surface area contributed by atoms with Crippen LogP contribution in [0.25, 0.3) is 0 Å². The molecule has 0 aliphatic carbocycles. The Morgan fingerprint density at radius 2 is 1.50 bits per heavy atom. The largest absolute Gasteiger partial charge is 0.481 e. The highest BCUT2D eigenvalue weighted by atomic mass is 16.4. The molecule has 4 heteroatoms. The first kappa shape index (κ1) is 18.3. The minimum atomic E-state index is -0.842. The zero-order chi connectivity index (χ0) is 15.5. The number of benzene rings is 1. The van der Waals surface area contributed by atoms with Crippen LogP contribution in [-0.4, -0.2) is 23.4 Å². The zero-order valence-corrected chi connectivity index (χ0v) is 12.6. The van der Waals surface area contributed by atoms with Crippen LogP contribution < -0.4 is 5.73 Å². The molecular formula is C16H25NO3. The van der Waals surface area contributed by atoms with Gasteiger partial charge in [0.25, 0.3) is 0 Å². The van der Waals surface area contributed by atoms with Crippen LogP contribution >= 0.6 is 0 Å². The van der Waals surface area contributed by atoms with Crippen molar-refractivity contribution in [2.75, 3.05) is 6.54 Å². The summed E-state index contributed by atoms with van der Waals surface area (Å²) in [6, 6.07) is 7.16. The van der Waals surface area contributed by atoms with Crippen molar-refractivity contribution in [2.45, 2.75) is 40.0 Å². The number of rotatable bonds is 6. The Labute approximate surface area is 121 Å². The summed E-state index contributed by atoms with van der Waals surface area (Å²) in [6.07, 6.45) is 1.55. The highest BCUT2D eigenvalue weighted by Gasteiger charge is 2.08. The van der Waals surface area contributed by atoms with Gasteiger partial charge in [0.1, 0.15) is 5.78 Å². The molecule has 0 heterocycles. The smallest absolute Gasteiger partial charge is 0.307 e.